The fraction of sp³-hybridized carbons (Fsp3) is 1.00. The van der Waals surface area contributed by atoms with Crippen LogP contribution in [0.15, 0.2) is 0 Å². The van der Waals surface area contributed by atoms with E-state index in [1.807, 2.05) is 0 Å². The minimum absolute atomic E-state index is 0.329. The van der Waals surface area contributed by atoms with Crippen LogP contribution in [0.5, 0.6) is 0 Å². The molecule has 0 aliphatic carbocycles. The van der Waals surface area contributed by atoms with E-state index in [4.69, 9.17) is 13.3 Å². The molecule has 0 aromatic heterocycles. The molecule has 0 aromatic rings. The molecule has 0 heterocycles. The van der Waals surface area contributed by atoms with E-state index >= 15 is 0 Å². The molecule has 0 saturated carbocycles. The molecule has 0 saturated heterocycles. The van der Waals surface area contributed by atoms with Crippen molar-refractivity contribution in [2.75, 3.05) is 21.3 Å². The van der Waals surface area contributed by atoms with Crippen LogP contribution in [0, 0.1) is 11.3 Å². The Balaban J connectivity index is 4.23. The molecule has 0 amide bonds. The van der Waals surface area contributed by atoms with E-state index in [0.29, 0.717) is 11.3 Å². The van der Waals surface area contributed by atoms with Crippen LogP contribution in [0.1, 0.15) is 34.1 Å². The zero-order chi connectivity index (χ0) is 12.1. The second-order valence-corrected chi connectivity index (χ2v) is 8.19. The average Bonchev–Trinajstić information content (AvgIpc) is 2.19. The van der Waals surface area contributed by atoms with Crippen molar-refractivity contribution < 1.29 is 13.3 Å². The van der Waals surface area contributed by atoms with Gasteiger partial charge in [0.2, 0.25) is 0 Å². The fourth-order valence-electron chi connectivity index (χ4n) is 1.38. The molecule has 3 nitrogen and oxygen atoms in total. The summed E-state index contributed by atoms with van der Waals surface area (Å²) in [5.41, 5.74) is 0.329. The Morgan fingerprint density at radius 2 is 1.40 bits per heavy atom. The third-order valence-electron chi connectivity index (χ3n) is 3.29. The summed E-state index contributed by atoms with van der Waals surface area (Å²) in [6.07, 6.45) is 1.07. The molecule has 0 aliphatic rings. The molecular weight excluding hydrogens is 208 g/mol. The van der Waals surface area contributed by atoms with Gasteiger partial charge < -0.3 is 13.3 Å². The van der Waals surface area contributed by atoms with E-state index in [9.17, 15) is 0 Å². The van der Waals surface area contributed by atoms with Crippen molar-refractivity contribution in [2.45, 2.75) is 40.2 Å². The van der Waals surface area contributed by atoms with Crippen molar-refractivity contribution in [3.05, 3.63) is 0 Å². The van der Waals surface area contributed by atoms with Crippen LogP contribution in [0.25, 0.3) is 0 Å². The lowest BCUT2D eigenvalue weighted by Crippen LogP contribution is -2.43. The zero-order valence-electron chi connectivity index (χ0n) is 11.2. The normalized spacial score (nSPS) is 15.4. The summed E-state index contributed by atoms with van der Waals surface area (Å²) >= 11 is 0. The van der Waals surface area contributed by atoms with E-state index in [1.165, 1.54) is 0 Å². The van der Waals surface area contributed by atoms with Gasteiger partial charge in [-0.3, -0.25) is 0 Å². The van der Waals surface area contributed by atoms with Crippen LogP contribution >= 0.6 is 0 Å². The SMILES string of the molecule is CO[Si](CCC(C)C(C)(C)C)(OC)OC. The van der Waals surface area contributed by atoms with Gasteiger partial charge >= 0.3 is 8.80 Å². The Hall–Kier alpha value is 0.0969. The minimum atomic E-state index is -2.36. The Morgan fingerprint density at radius 3 is 1.67 bits per heavy atom. The van der Waals surface area contributed by atoms with E-state index in [1.54, 1.807) is 21.3 Å². The van der Waals surface area contributed by atoms with Gasteiger partial charge in [-0.1, -0.05) is 27.7 Å². The summed E-state index contributed by atoms with van der Waals surface area (Å²) < 4.78 is 16.2. The van der Waals surface area contributed by atoms with Crippen LogP contribution in [0.2, 0.25) is 6.04 Å². The summed E-state index contributed by atoms with van der Waals surface area (Å²) in [5, 5.41) is 0. The molecule has 0 fully saturated rings. The van der Waals surface area contributed by atoms with Crippen LogP contribution in [-0.2, 0) is 13.3 Å². The van der Waals surface area contributed by atoms with Crippen LogP contribution in [-0.4, -0.2) is 30.1 Å². The summed E-state index contributed by atoms with van der Waals surface area (Å²) in [4.78, 5) is 0. The number of rotatable bonds is 6. The molecular formula is C11H26O3Si. The monoisotopic (exact) mass is 234 g/mol. The number of hydrogen-bond acceptors (Lipinski definition) is 3. The second-order valence-electron chi connectivity index (χ2n) is 5.10. The highest BCUT2D eigenvalue weighted by Gasteiger charge is 2.38. The molecule has 0 aliphatic heterocycles. The van der Waals surface area contributed by atoms with Crippen molar-refractivity contribution in [3.63, 3.8) is 0 Å². The Bertz CT molecular complexity index is 165. The van der Waals surface area contributed by atoms with Gasteiger partial charge in [-0.05, 0) is 17.8 Å². The van der Waals surface area contributed by atoms with Gasteiger partial charge in [-0.25, -0.2) is 0 Å². The predicted octanol–water partition coefficient (Wildman–Crippen LogP) is 2.94. The first-order valence-electron chi connectivity index (χ1n) is 5.46. The van der Waals surface area contributed by atoms with E-state index in [-0.39, 0.29) is 0 Å². The molecule has 92 valence electrons. The topological polar surface area (TPSA) is 27.7 Å². The first-order valence-corrected chi connectivity index (χ1v) is 7.40. The summed E-state index contributed by atoms with van der Waals surface area (Å²) in [7, 11) is 2.64. The minimum Gasteiger partial charge on any atom is -0.377 e. The smallest absolute Gasteiger partial charge is 0.377 e. The Labute approximate surface area is 95.5 Å². The quantitative estimate of drug-likeness (QED) is 0.661. The lowest BCUT2D eigenvalue weighted by Gasteiger charge is -2.30. The second kappa shape index (κ2) is 5.99. The maximum Gasteiger partial charge on any atom is 0.500 e. The molecule has 0 N–H and O–H groups in total. The van der Waals surface area contributed by atoms with Gasteiger partial charge in [0.05, 0.1) is 0 Å². The lowest BCUT2D eigenvalue weighted by atomic mass is 9.81. The van der Waals surface area contributed by atoms with Crippen LogP contribution in [0.3, 0.4) is 0 Å². The third-order valence-corrected chi connectivity index (χ3v) is 6.06. The van der Waals surface area contributed by atoms with Crippen LogP contribution in [0.4, 0.5) is 0 Å². The Morgan fingerprint density at radius 1 is 1.00 bits per heavy atom. The van der Waals surface area contributed by atoms with Gasteiger partial charge in [-0.15, -0.1) is 0 Å². The van der Waals surface area contributed by atoms with Gasteiger partial charge in [0.1, 0.15) is 0 Å². The highest BCUT2D eigenvalue weighted by molar-refractivity contribution is 6.60. The van der Waals surface area contributed by atoms with Crippen molar-refractivity contribution in [1.82, 2.24) is 0 Å². The molecule has 0 radical (unpaired) electrons. The van der Waals surface area contributed by atoms with Crippen LogP contribution < -0.4 is 0 Å². The third kappa shape index (κ3) is 4.63. The maximum absolute atomic E-state index is 5.39. The average molecular weight is 234 g/mol. The first kappa shape index (κ1) is 15.1. The van der Waals surface area contributed by atoms with Crippen molar-refractivity contribution in [2.24, 2.45) is 11.3 Å². The van der Waals surface area contributed by atoms with Gasteiger partial charge in [0.25, 0.3) is 0 Å². The predicted molar refractivity (Wildman–Crippen MR) is 64.8 cm³/mol. The molecule has 0 spiro atoms. The molecule has 0 rings (SSSR count). The molecule has 15 heavy (non-hydrogen) atoms. The van der Waals surface area contributed by atoms with E-state index in [0.717, 1.165) is 12.5 Å². The lowest BCUT2D eigenvalue weighted by molar-refractivity contribution is 0.118. The number of hydrogen-bond donors (Lipinski definition) is 0. The molecule has 1 unspecified atom stereocenters. The largest absolute Gasteiger partial charge is 0.500 e. The molecule has 4 heteroatoms. The van der Waals surface area contributed by atoms with Gasteiger partial charge in [0.15, 0.2) is 0 Å². The van der Waals surface area contributed by atoms with E-state index in [2.05, 4.69) is 27.7 Å². The first-order chi connectivity index (χ1) is 6.81. The van der Waals surface area contributed by atoms with E-state index < -0.39 is 8.80 Å². The zero-order valence-corrected chi connectivity index (χ0v) is 12.2. The molecule has 0 bridgehead atoms. The summed E-state index contributed by atoms with van der Waals surface area (Å²) in [6.45, 7) is 9.04. The molecule has 1 atom stereocenters. The Kier molecular flexibility index (Phi) is 6.03. The summed E-state index contributed by atoms with van der Waals surface area (Å²) in [5.74, 6) is 0.629. The van der Waals surface area contributed by atoms with Crippen molar-refractivity contribution in [3.8, 4) is 0 Å². The highest BCUT2D eigenvalue weighted by atomic mass is 28.4. The fourth-order valence-corrected chi connectivity index (χ4v) is 3.28. The van der Waals surface area contributed by atoms with Gasteiger partial charge in [0, 0.05) is 27.4 Å². The molecule has 0 aromatic carbocycles. The van der Waals surface area contributed by atoms with Gasteiger partial charge in [-0.2, -0.15) is 0 Å². The highest BCUT2D eigenvalue weighted by Crippen LogP contribution is 2.31. The maximum atomic E-state index is 5.39. The summed E-state index contributed by atoms with van der Waals surface area (Å²) in [6, 6.07) is 0.884. The standard InChI is InChI=1S/C11H26O3Si/c1-10(11(2,3)4)8-9-15(12-5,13-6)14-7/h10H,8-9H2,1-7H3. The van der Waals surface area contributed by atoms with Crippen molar-refractivity contribution in [1.29, 1.82) is 0 Å². The van der Waals surface area contributed by atoms with Crippen molar-refractivity contribution >= 4 is 8.80 Å².